The summed E-state index contributed by atoms with van der Waals surface area (Å²) in [5, 5.41) is 0. The molecule has 1 aromatic rings. The fourth-order valence-electron chi connectivity index (χ4n) is 1.94. The SMILES string of the molecule is CCn1ccnc1CN1CC(F)(F)C(F)(F)C1. The van der Waals surface area contributed by atoms with Gasteiger partial charge in [-0.05, 0) is 6.92 Å². The highest BCUT2D eigenvalue weighted by atomic mass is 19.3. The smallest absolute Gasteiger partial charge is 0.323 e. The maximum atomic E-state index is 13.0. The quantitative estimate of drug-likeness (QED) is 0.766. The van der Waals surface area contributed by atoms with Gasteiger partial charge in [0.25, 0.3) is 0 Å². The van der Waals surface area contributed by atoms with Gasteiger partial charge in [0.1, 0.15) is 5.82 Å². The van der Waals surface area contributed by atoms with Gasteiger partial charge in [0.2, 0.25) is 0 Å². The van der Waals surface area contributed by atoms with Crippen molar-refractivity contribution in [1.82, 2.24) is 14.5 Å². The second-order valence-corrected chi connectivity index (χ2v) is 4.18. The summed E-state index contributed by atoms with van der Waals surface area (Å²) in [4.78, 5) is 5.01. The van der Waals surface area contributed by atoms with Gasteiger partial charge < -0.3 is 4.57 Å². The number of aryl methyl sites for hydroxylation is 1. The fraction of sp³-hybridized carbons (Fsp3) is 0.700. The molecule has 1 aliphatic rings. The summed E-state index contributed by atoms with van der Waals surface area (Å²) in [7, 11) is 0. The minimum Gasteiger partial charge on any atom is -0.334 e. The van der Waals surface area contributed by atoms with E-state index in [4.69, 9.17) is 0 Å². The van der Waals surface area contributed by atoms with Crippen LogP contribution in [-0.4, -0.2) is 39.4 Å². The van der Waals surface area contributed by atoms with Crippen molar-refractivity contribution in [3.05, 3.63) is 18.2 Å². The van der Waals surface area contributed by atoms with Crippen LogP contribution in [0.3, 0.4) is 0 Å². The van der Waals surface area contributed by atoms with Crippen molar-refractivity contribution in [3.8, 4) is 0 Å². The van der Waals surface area contributed by atoms with Crippen molar-refractivity contribution >= 4 is 0 Å². The van der Waals surface area contributed by atoms with Crippen LogP contribution in [-0.2, 0) is 13.1 Å². The number of likely N-dealkylation sites (tertiary alicyclic amines) is 1. The Labute approximate surface area is 96.0 Å². The average Bonchev–Trinajstić information content (AvgIpc) is 2.70. The minimum atomic E-state index is -3.95. The molecule has 0 radical (unpaired) electrons. The van der Waals surface area contributed by atoms with E-state index in [1.165, 1.54) is 6.20 Å². The maximum absolute atomic E-state index is 13.0. The number of rotatable bonds is 3. The molecule has 0 saturated carbocycles. The molecule has 0 atom stereocenters. The molecule has 0 unspecified atom stereocenters. The summed E-state index contributed by atoms with van der Waals surface area (Å²) < 4.78 is 53.6. The molecule has 17 heavy (non-hydrogen) atoms. The third-order valence-corrected chi connectivity index (χ3v) is 2.89. The largest absolute Gasteiger partial charge is 0.334 e. The second-order valence-electron chi connectivity index (χ2n) is 4.18. The van der Waals surface area contributed by atoms with Crippen molar-refractivity contribution in [2.24, 2.45) is 0 Å². The van der Waals surface area contributed by atoms with Gasteiger partial charge in [-0.3, -0.25) is 4.90 Å². The van der Waals surface area contributed by atoms with Gasteiger partial charge in [0.15, 0.2) is 0 Å². The van der Waals surface area contributed by atoms with Gasteiger partial charge in [-0.25, -0.2) is 4.98 Å². The van der Waals surface area contributed by atoms with Crippen LogP contribution in [0.1, 0.15) is 12.7 Å². The lowest BCUT2D eigenvalue weighted by atomic mass is 10.2. The van der Waals surface area contributed by atoms with Gasteiger partial charge in [-0.15, -0.1) is 0 Å². The summed E-state index contributed by atoms with van der Waals surface area (Å²) in [6, 6.07) is 0. The van der Waals surface area contributed by atoms with E-state index in [0.717, 1.165) is 4.90 Å². The zero-order valence-electron chi connectivity index (χ0n) is 9.34. The van der Waals surface area contributed by atoms with Crippen LogP contribution >= 0.6 is 0 Å². The Morgan fingerprint density at radius 1 is 1.24 bits per heavy atom. The summed E-state index contributed by atoms with van der Waals surface area (Å²) in [6.45, 7) is 0.688. The molecule has 0 bridgehead atoms. The Morgan fingerprint density at radius 3 is 2.35 bits per heavy atom. The standard InChI is InChI=1S/C10H13F4N3/c1-2-17-4-3-15-8(17)5-16-6-9(11,12)10(13,14)7-16/h3-4H,2,5-7H2,1H3. The number of imidazole rings is 1. The first-order chi connectivity index (χ1) is 7.86. The van der Waals surface area contributed by atoms with Crippen molar-refractivity contribution in [2.75, 3.05) is 13.1 Å². The Hall–Kier alpha value is -1.11. The van der Waals surface area contributed by atoms with Crippen LogP contribution in [0.25, 0.3) is 0 Å². The number of nitrogens with zero attached hydrogens (tertiary/aromatic N) is 3. The van der Waals surface area contributed by atoms with Crippen LogP contribution in [0.15, 0.2) is 12.4 Å². The van der Waals surface area contributed by atoms with Crippen molar-refractivity contribution in [1.29, 1.82) is 0 Å². The molecule has 3 nitrogen and oxygen atoms in total. The van der Waals surface area contributed by atoms with E-state index in [-0.39, 0.29) is 6.54 Å². The minimum absolute atomic E-state index is 0.0199. The molecule has 0 spiro atoms. The van der Waals surface area contributed by atoms with Crippen LogP contribution in [0.4, 0.5) is 17.6 Å². The summed E-state index contributed by atoms with van der Waals surface area (Å²) in [6.07, 6.45) is 3.23. The Bertz CT molecular complexity index is 386. The normalized spacial score (nSPS) is 23.1. The first-order valence-electron chi connectivity index (χ1n) is 5.34. The molecule has 0 N–H and O–H groups in total. The van der Waals surface area contributed by atoms with Gasteiger partial charge in [0.05, 0.1) is 19.6 Å². The monoisotopic (exact) mass is 251 g/mol. The molecular formula is C10H13F4N3. The molecule has 96 valence electrons. The van der Waals surface area contributed by atoms with Crippen molar-refractivity contribution < 1.29 is 17.6 Å². The topological polar surface area (TPSA) is 21.1 Å². The zero-order chi connectivity index (χ0) is 12.7. The Balaban J connectivity index is 2.08. The first-order valence-corrected chi connectivity index (χ1v) is 5.34. The molecule has 2 heterocycles. The summed E-state index contributed by atoms with van der Waals surface area (Å²) >= 11 is 0. The number of hydrogen-bond donors (Lipinski definition) is 0. The van der Waals surface area contributed by atoms with Gasteiger partial charge >= 0.3 is 11.8 Å². The van der Waals surface area contributed by atoms with E-state index in [9.17, 15) is 17.6 Å². The predicted octanol–water partition coefficient (Wildman–Crippen LogP) is 1.99. The zero-order valence-corrected chi connectivity index (χ0v) is 9.34. The van der Waals surface area contributed by atoms with E-state index < -0.39 is 24.9 Å². The molecule has 1 saturated heterocycles. The van der Waals surface area contributed by atoms with Crippen LogP contribution < -0.4 is 0 Å². The summed E-state index contributed by atoms with van der Waals surface area (Å²) in [5.74, 6) is -7.37. The predicted molar refractivity (Wildman–Crippen MR) is 53.1 cm³/mol. The first kappa shape index (κ1) is 12.3. The highest BCUT2D eigenvalue weighted by molar-refractivity contribution is 5.00. The Kier molecular flexibility index (Phi) is 2.89. The van der Waals surface area contributed by atoms with Gasteiger partial charge in [0, 0.05) is 18.9 Å². The van der Waals surface area contributed by atoms with E-state index in [1.807, 2.05) is 6.92 Å². The molecule has 2 rings (SSSR count). The third-order valence-electron chi connectivity index (χ3n) is 2.89. The number of aromatic nitrogens is 2. The lowest BCUT2D eigenvalue weighted by Crippen LogP contribution is -2.38. The fourth-order valence-corrected chi connectivity index (χ4v) is 1.94. The van der Waals surface area contributed by atoms with Crippen molar-refractivity contribution in [2.45, 2.75) is 31.9 Å². The van der Waals surface area contributed by atoms with Crippen LogP contribution in [0, 0.1) is 0 Å². The highest BCUT2D eigenvalue weighted by Gasteiger charge is 2.62. The molecular weight excluding hydrogens is 238 g/mol. The molecule has 0 amide bonds. The van der Waals surface area contributed by atoms with Gasteiger partial charge in [-0.2, -0.15) is 17.6 Å². The van der Waals surface area contributed by atoms with Crippen LogP contribution in [0.5, 0.6) is 0 Å². The molecule has 0 aliphatic carbocycles. The number of alkyl halides is 4. The molecule has 1 aliphatic heterocycles. The van der Waals surface area contributed by atoms with Crippen LogP contribution in [0.2, 0.25) is 0 Å². The summed E-state index contributed by atoms with van der Waals surface area (Å²) in [5.41, 5.74) is 0. The van der Waals surface area contributed by atoms with E-state index in [1.54, 1.807) is 10.8 Å². The number of hydrogen-bond acceptors (Lipinski definition) is 2. The third kappa shape index (κ3) is 2.15. The molecule has 7 heteroatoms. The lowest BCUT2D eigenvalue weighted by molar-refractivity contribution is -0.172. The lowest BCUT2D eigenvalue weighted by Gasteiger charge is -2.15. The van der Waals surface area contributed by atoms with Crippen molar-refractivity contribution in [3.63, 3.8) is 0 Å². The molecule has 0 aromatic carbocycles. The molecule has 1 fully saturated rings. The number of halogens is 4. The maximum Gasteiger partial charge on any atom is 0.323 e. The second kappa shape index (κ2) is 3.97. The Morgan fingerprint density at radius 2 is 1.82 bits per heavy atom. The molecule has 1 aromatic heterocycles. The van der Waals surface area contributed by atoms with Gasteiger partial charge in [-0.1, -0.05) is 0 Å². The van der Waals surface area contributed by atoms with E-state index in [2.05, 4.69) is 4.98 Å². The highest BCUT2D eigenvalue weighted by Crippen LogP contribution is 2.41. The van der Waals surface area contributed by atoms with E-state index in [0.29, 0.717) is 12.4 Å². The average molecular weight is 251 g/mol. The van der Waals surface area contributed by atoms with E-state index >= 15 is 0 Å².